The predicted octanol–water partition coefficient (Wildman–Crippen LogP) is 1.05. The number of hydrogen-bond acceptors (Lipinski definition) is 4. The van der Waals surface area contributed by atoms with Gasteiger partial charge in [-0.25, -0.2) is 4.98 Å². The molecule has 0 radical (unpaired) electrons. The molecule has 0 fully saturated rings. The third-order valence-corrected chi connectivity index (χ3v) is 2.65. The van der Waals surface area contributed by atoms with E-state index < -0.39 is 0 Å². The van der Waals surface area contributed by atoms with Gasteiger partial charge >= 0.3 is 0 Å². The fraction of sp³-hybridized carbons (Fsp3) is 0.286. The van der Waals surface area contributed by atoms with Crippen molar-refractivity contribution < 1.29 is 9.84 Å². The van der Waals surface area contributed by atoms with Crippen LogP contribution >= 0.6 is 0 Å². The van der Waals surface area contributed by atoms with Gasteiger partial charge in [-0.05, 0) is 30.7 Å². The molecule has 2 rings (SSSR count). The van der Waals surface area contributed by atoms with Crippen LogP contribution in [0.25, 0.3) is 0 Å². The molecule has 1 N–H and O–H groups in total. The van der Waals surface area contributed by atoms with Crippen molar-refractivity contribution >= 4 is 0 Å². The number of nitrogens with zero attached hydrogens (tertiary/aromatic N) is 3. The van der Waals surface area contributed by atoms with Crippen LogP contribution in [-0.4, -0.2) is 26.5 Å². The third kappa shape index (κ3) is 3.33. The van der Waals surface area contributed by atoms with Crippen molar-refractivity contribution in [1.29, 1.82) is 0 Å². The lowest BCUT2D eigenvalue weighted by atomic mass is 10.1. The van der Waals surface area contributed by atoms with Crippen molar-refractivity contribution in [3.8, 4) is 17.6 Å². The summed E-state index contributed by atoms with van der Waals surface area (Å²) in [6.45, 7) is 2.19. The van der Waals surface area contributed by atoms with Crippen molar-refractivity contribution in [3.05, 3.63) is 41.5 Å². The van der Waals surface area contributed by atoms with Gasteiger partial charge in [0.15, 0.2) is 5.82 Å². The summed E-state index contributed by atoms with van der Waals surface area (Å²) in [7, 11) is 1.83. The standard InChI is InChI=1S/C14H15N3O2/c1-11-8-12(4-3-7-18)5-6-13(11)19-9-14-15-10-16-17(14)2/h5-6,8,10,18H,7,9H2,1-2H3. The predicted molar refractivity (Wildman–Crippen MR) is 70.5 cm³/mol. The summed E-state index contributed by atoms with van der Waals surface area (Å²) in [4.78, 5) is 4.10. The molecule has 0 unspecified atom stereocenters. The molecule has 5 nitrogen and oxygen atoms in total. The second kappa shape index (κ2) is 6.03. The molecule has 0 saturated heterocycles. The zero-order chi connectivity index (χ0) is 13.7. The summed E-state index contributed by atoms with van der Waals surface area (Å²) in [6.07, 6.45) is 1.50. The van der Waals surface area contributed by atoms with E-state index in [0.29, 0.717) is 6.61 Å². The number of aryl methyl sites for hydroxylation is 2. The van der Waals surface area contributed by atoms with Crippen molar-refractivity contribution in [1.82, 2.24) is 14.8 Å². The first-order valence-electron chi connectivity index (χ1n) is 5.86. The minimum Gasteiger partial charge on any atom is -0.485 e. The van der Waals surface area contributed by atoms with Crippen molar-refractivity contribution in [2.45, 2.75) is 13.5 Å². The molecule has 0 spiro atoms. The van der Waals surface area contributed by atoms with Gasteiger partial charge in [0.1, 0.15) is 25.3 Å². The lowest BCUT2D eigenvalue weighted by molar-refractivity contribution is 0.288. The average Bonchev–Trinajstić information content (AvgIpc) is 2.81. The number of ether oxygens (including phenoxy) is 1. The van der Waals surface area contributed by atoms with E-state index in [0.717, 1.165) is 22.7 Å². The van der Waals surface area contributed by atoms with Gasteiger partial charge in [0, 0.05) is 12.6 Å². The number of aliphatic hydroxyl groups excluding tert-OH is 1. The van der Waals surface area contributed by atoms with Crippen LogP contribution in [0.4, 0.5) is 0 Å². The van der Waals surface area contributed by atoms with Gasteiger partial charge in [0.25, 0.3) is 0 Å². The molecule has 1 aromatic carbocycles. The van der Waals surface area contributed by atoms with E-state index in [2.05, 4.69) is 21.9 Å². The molecule has 1 aromatic heterocycles. The Balaban J connectivity index is 2.07. The molecule has 0 bridgehead atoms. The summed E-state index contributed by atoms with van der Waals surface area (Å²) in [5, 5.41) is 12.6. The van der Waals surface area contributed by atoms with E-state index in [1.165, 1.54) is 6.33 Å². The SMILES string of the molecule is Cc1cc(C#CCO)ccc1OCc1ncnn1C. The number of benzene rings is 1. The summed E-state index contributed by atoms with van der Waals surface area (Å²) >= 11 is 0. The van der Waals surface area contributed by atoms with Gasteiger partial charge in [-0.1, -0.05) is 11.8 Å². The first kappa shape index (κ1) is 13.1. The number of hydrogen-bond donors (Lipinski definition) is 1. The van der Waals surface area contributed by atoms with Crippen LogP contribution in [0.15, 0.2) is 24.5 Å². The molecule has 1 heterocycles. The molecule has 2 aromatic rings. The van der Waals surface area contributed by atoms with Gasteiger partial charge in [0.2, 0.25) is 0 Å². The Hall–Kier alpha value is -2.32. The summed E-state index contributed by atoms with van der Waals surface area (Å²) in [6, 6.07) is 5.66. The first-order chi connectivity index (χ1) is 9.20. The molecular weight excluding hydrogens is 242 g/mol. The molecule has 5 heteroatoms. The highest BCUT2D eigenvalue weighted by Crippen LogP contribution is 2.19. The smallest absolute Gasteiger partial charge is 0.164 e. The lowest BCUT2D eigenvalue weighted by Gasteiger charge is -2.08. The number of rotatable bonds is 3. The van der Waals surface area contributed by atoms with Crippen LogP contribution in [0, 0.1) is 18.8 Å². The van der Waals surface area contributed by atoms with Crippen molar-refractivity contribution in [2.75, 3.05) is 6.61 Å². The van der Waals surface area contributed by atoms with Crippen LogP contribution < -0.4 is 4.74 Å². The van der Waals surface area contributed by atoms with Crippen LogP contribution in [0.3, 0.4) is 0 Å². The highest BCUT2D eigenvalue weighted by atomic mass is 16.5. The molecule has 0 aliphatic heterocycles. The van der Waals surface area contributed by atoms with Crippen LogP contribution in [-0.2, 0) is 13.7 Å². The third-order valence-electron chi connectivity index (χ3n) is 2.65. The monoisotopic (exact) mass is 257 g/mol. The first-order valence-corrected chi connectivity index (χ1v) is 5.86. The van der Waals surface area contributed by atoms with E-state index >= 15 is 0 Å². The Labute approximate surface area is 111 Å². The molecule has 0 aliphatic carbocycles. The summed E-state index contributed by atoms with van der Waals surface area (Å²) in [5.41, 5.74) is 1.85. The maximum absolute atomic E-state index is 8.65. The van der Waals surface area contributed by atoms with E-state index in [1.54, 1.807) is 4.68 Å². The van der Waals surface area contributed by atoms with E-state index in [-0.39, 0.29) is 6.61 Å². The minimum absolute atomic E-state index is 0.135. The van der Waals surface area contributed by atoms with Crippen LogP contribution in [0.1, 0.15) is 17.0 Å². The zero-order valence-electron chi connectivity index (χ0n) is 10.9. The fourth-order valence-corrected chi connectivity index (χ4v) is 1.62. The Kier molecular flexibility index (Phi) is 4.16. The van der Waals surface area contributed by atoms with E-state index in [1.807, 2.05) is 32.2 Å². The van der Waals surface area contributed by atoms with Gasteiger partial charge in [0.05, 0.1) is 0 Å². The Bertz CT molecular complexity index is 623. The van der Waals surface area contributed by atoms with Gasteiger partial charge < -0.3 is 9.84 Å². The molecule has 0 saturated carbocycles. The summed E-state index contributed by atoms with van der Waals surface area (Å²) in [5.74, 6) is 7.03. The van der Waals surface area contributed by atoms with Crippen molar-refractivity contribution in [2.24, 2.45) is 7.05 Å². The fourth-order valence-electron chi connectivity index (χ4n) is 1.62. The second-order valence-electron chi connectivity index (χ2n) is 4.03. The van der Waals surface area contributed by atoms with Gasteiger partial charge in [-0.3, -0.25) is 4.68 Å². The maximum Gasteiger partial charge on any atom is 0.164 e. The van der Waals surface area contributed by atoms with Crippen LogP contribution in [0.2, 0.25) is 0 Å². The van der Waals surface area contributed by atoms with E-state index in [4.69, 9.17) is 9.84 Å². The van der Waals surface area contributed by atoms with E-state index in [9.17, 15) is 0 Å². The van der Waals surface area contributed by atoms with Gasteiger partial charge in [-0.2, -0.15) is 5.10 Å². The highest BCUT2D eigenvalue weighted by Gasteiger charge is 2.04. The molecular formula is C14H15N3O2. The van der Waals surface area contributed by atoms with Crippen molar-refractivity contribution in [3.63, 3.8) is 0 Å². The maximum atomic E-state index is 8.65. The molecule has 98 valence electrons. The topological polar surface area (TPSA) is 60.2 Å². The lowest BCUT2D eigenvalue weighted by Crippen LogP contribution is -2.05. The largest absolute Gasteiger partial charge is 0.485 e. The molecule has 19 heavy (non-hydrogen) atoms. The number of aliphatic hydroxyl groups is 1. The minimum atomic E-state index is -0.135. The van der Waals surface area contributed by atoms with Crippen LogP contribution in [0.5, 0.6) is 5.75 Å². The highest BCUT2D eigenvalue weighted by molar-refractivity contribution is 5.43. The normalized spacial score (nSPS) is 9.84. The molecule has 0 atom stereocenters. The average molecular weight is 257 g/mol. The Morgan fingerprint density at radius 1 is 1.42 bits per heavy atom. The Morgan fingerprint density at radius 2 is 2.26 bits per heavy atom. The quantitative estimate of drug-likeness (QED) is 0.835. The Morgan fingerprint density at radius 3 is 2.89 bits per heavy atom. The second-order valence-corrected chi connectivity index (χ2v) is 4.03. The summed E-state index contributed by atoms with van der Waals surface area (Å²) < 4.78 is 7.38. The molecule has 0 aliphatic rings. The molecule has 0 amide bonds. The zero-order valence-corrected chi connectivity index (χ0v) is 10.9. The number of aromatic nitrogens is 3. The van der Waals surface area contributed by atoms with Gasteiger partial charge in [-0.15, -0.1) is 0 Å².